The van der Waals surface area contributed by atoms with Gasteiger partial charge in [-0.1, -0.05) is 35.3 Å². The van der Waals surface area contributed by atoms with E-state index in [0.29, 0.717) is 34.7 Å². The summed E-state index contributed by atoms with van der Waals surface area (Å²) in [5.41, 5.74) is 0.405. The molecule has 2 aliphatic rings. The molecule has 2 aromatic carbocycles. The number of carbonyl (C=O) groups excluding carboxylic acids is 1. The van der Waals surface area contributed by atoms with Crippen molar-refractivity contribution in [1.82, 2.24) is 0 Å². The maximum absolute atomic E-state index is 13.4. The molecule has 4 rings (SSSR count). The normalized spacial score (nSPS) is 21.4. The van der Waals surface area contributed by atoms with E-state index >= 15 is 0 Å². The van der Waals surface area contributed by atoms with Gasteiger partial charge in [0, 0.05) is 28.6 Å². The van der Waals surface area contributed by atoms with E-state index in [1.54, 1.807) is 24.3 Å². The van der Waals surface area contributed by atoms with Gasteiger partial charge >= 0.3 is 6.18 Å². The van der Waals surface area contributed by atoms with Crippen molar-refractivity contribution in [2.45, 2.75) is 31.4 Å². The van der Waals surface area contributed by atoms with Crippen molar-refractivity contribution in [3.05, 3.63) is 74.9 Å². The Morgan fingerprint density at radius 1 is 1.09 bits per heavy atom. The van der Waals surface area contributed by atoms with Crippen LogP contribution >= 0.6 is 23.2 Å². The Morgan fingerprint density at radius 2 is 1.78 bits per heavy atom. The number of amidine groups is 1. The van der Waals surface area contributed by atoms with Crippen LogP contribution in [0.15, 0.2) is 53.7 Å². The third kappa shape index (κ3) is 3.78. The van der Waals surface area contributed by atoms with Crippen LogP contribution in [0.25, 0.3) is 0 Å². The third-order valence-electron chi connectivity index (χ3n) is 5.76. The minimum absolute atomic E-state index is 0.00532. The van der Waals surface area contributed by atoms with Crippen molar-refractivity contribution in [1.29, 1.82) is 10.7 Å². The predicted molar refractivity (Wildman–Crippen MR) is 116 cm³/mol. The first kappa shape index (κ1) is 22.4. The molecule has 0 aromatic heterocycles. The van der Waals surface area contributed by atoms with E-state index in [2.05, 4.69) is 6.07 Å². The van der Waals surface area contributed by atoms with E-state index in [9.17, 15) is 23.2 Å². The first-order valence-electron chi connectivity index (χ1n) is 9.80. The largest absolute Gasteiger partial charge is 0.416 e. The molecule has 2 aromatic rings. The molecule has 32 heavy (non-hydrogen) atoms. The van der Waals surface area contributed by atoms with Gasteiger partial charge in [-0.15, -0.1) is 0 Å². The molecule has 0 fully saturated rings. The highest BCUT2D eigenvalue weighted by atomic mass is 35.5. The number of ketones is 1. The number of allylic oxidation sites excluding steroid dienone is 2. The molecule has 0 amide bonds. The average Bonchev–Trinajstić information content (AvgIpc) is 2.74. The maximum atomic E-state index is 13.4. The van der Waals surface area contributed by atoms with Crippen LogP contribution in [0.2, 0.25) is 10.0 Å². The summed E-state index contributed by atoms with van der Waals surface area (Å²) in [6.07, 6.45) is -3.49. The number of alkyl halides is 3. The van der Waals surface area contributed by atoms with Gasteiger partial charge < -0.3 is 0 Å². The van der Waals surface area contributed by atoms with Crippen LogP contribution < -0.4 is 4.90 Å². The van der Waals surface area contributed by atoms with Crippen molar-refractivity contribution < 1.29 is 18.0 Å². The number of hydrogen-bond donors (Lipinski definition) is 1. The number of nitriles is 1. The SMILES string of the molecule is N#CC1C(=N)N(c2cc(C(F)(F)F)ccc2Cl)C2=C(C(=O)CCC2)C1c1ccc(Cl)cc1. The number of benzene rings is 2. The number of halogens is 5. The Hall–Kier alpha value is -2.82. The lowest BCUT2D eigenvalue weighted by atomic mass is 9.72. The molecule has 1 aliphatic heterocycles. The van der Waals surface area contributed by atoms with Gasteiger partial charge in [0.25, 0.3) is 0 Å². The van der Waals surface area contributed by atoms with E-state index in [1.165, 1.54) is 4.90 Å². The van der Waals surface area contributed by atoms with Gasteiger partial charge in [-0.3, -0.25) is 15.1 Å². The topological polar surface area (TPSA) is 68.0 Å². The Labute approximate surface area is 192 Å². The lowest BCUT2D eigenvalue weighted by Crippen LogP contribution is -2.46. The third-order valence-corrected chi connectivity index (χ3v) is 6.33. The summed E-state index contributed by atoms with van der Waals surface area (Å²) < 4.78 is 40.1. The molecule has 0 radical (unpaired) electrons. The summed E-state index contributed by atoms with van der Waals surface area (Å²) in [6, 6.07) is 11.6. The molecule has 1 aliphatic carbocycles. The Morgan fingerprint density at radius 3 is 2.41 bits per heavy atom. The number of Topliss-reactive ketones (excluding diaryl/α,β-unsaturated/α-hetero) is 1. The molecule has 164 valence electrons. The second kappa shape index (κ2) is 8.27. The molecule has 9 heteroatoms. The molecule has 2 unspecified atom stereocenters. The van der Waals surface area contributed by atoms with Crippen LogP contribution in [-0.4, -0.2) is 11.6 Å². The summed E-state index contributed by atoms with van der Waals surface area (Å²) in [5, 5.41) is 19.2. The van der Waals surface area contributed by atoms with Crippen LogP contribution in [0, 0.1) is 22.7 Å². The summed E-state index contributed by atoms with van der Waals surface area (Å²) in [5.74, 6) is -2.22. The second-order valence-electron chi connectivity index (χ2n) is 7.66. The highest BCUT2D eigenvalue weighted by molar-refractivity contribution is 6.34. The maximum Gasteiger partial charge on any atom is 0.416 e. The zero-order valence-electron chi connectivity index (χ0n) is 16.5. The lowest BCUT2D eigenvalue weighted by molar-refractivity contribution is -0.137. The van der Waals surface area contributed by atoms with Gasteiger partial charge in [0.1, 0.15) is 11.8 Å². The van der Waals surface area contributed by atoms with Gasteiger partial charge in [-0.05, 0) is 48.7 Å². The molecule has 4 nitrogen and oxygen atoms in total. The zero-order chi connectivity index (χ0) is 23.2. The van der Waals surface area contributed by atoms with E-state index in [4.69, 9.17) is 28.6 Å². The van der Waals surface area contributed by atoms with Gasteiger partial charge in [0.05, 0.1) is 22.3 Å². The Kier molecular flexibility index (Phi) is 5.78. The van der Waals surface area contributed by atoms with Crippen LogP contribution in [0.3, 0.4) is 0 Å². The zero-order valence-corrected chi connectivity index (χ0v) is 18.0. The molecule has 2 atom stereocenters. The molecule has 1 N–H and O–H groups in total. The number of nitrogens with zero attached hydrogens (tertiary/aromatic N) is 2. The Balaban J connectivity index is 1.96. The van der Waals surface area contributed by atoms with Crippen molar-refractivity contribution >= 4 is 40.5 Å². The number of carbonyl (C=O) groups is 1. The minimum Gasteiger partial charge on any atom is -0.300 e. The quantitative estimate of drug-likeness (QED) is 0.520. The molecule has 1 heterocycles. The van der Waals surface area contributed by atoms with E-state index in [0.717, 1.165) is 18.2 Å². The smallest absolute Gasteiger partial charge is 0.300 e. The van der Waals surface area contributed by atoms with Crippen molar-refractivity contribution in [3.8, 4) is 6.07 Å². The average molecular weight is 478 g/mol. The molecule has 0 bridgehead atoms. The van der Waals surface area contributed by atoms with Gasteiger partial charge in [-0.2, -0.15) is 18.4 Å². The van der Waals surface area contributed by atoms with Gasteiger partial charge in [-0.25, -0.2) is 0 Å². The number of rotatable bonds is 2. The number of anilines is 1. The van der Waals surface area contributed by atoms with Crippen LogP contribution in [-0.2, 0) is 11.0 Å². The monoisotopic (exact) mass is 477 g/mol. The van der Waals surface area contributed by atoms with Crippen LogP contribution in [0.5, 0.6) is 0 Å². The van der Waals surface area contributed by atoms with Crippen molar-refractivity contribution in [3.63, 3.8) is 0 Å². The molecule has 0 saturated carbocycles. The number of nitrogens with one attached hydrogen (secondary N) is 1. The van der Waals surface area contributed by atoms with Crippen molar-refractivity contribution in [2.24, 2.45) is 5.92 Å². The molecule has 0 saturated heterocycles. The van der Waals surface area contributed by atoms with Crippen LogP contribution in [0.4, 0.5) is 18.9 Å². The summed E-state index contributed by atoms with van der Waals surface area (Å²) >= 11 is 12.3. The fraction of sp³-hybridized carbons (Fsp3) is 0.261. The standard InChI is InChI=1S/C23H16Cl2F3N3O/c24-14-7-4-12(5-8-14)20-15(11-29)22(30)31(17-2-1-3-19(32)21(17)20)18-10-13(23(26,27)28)6-9-16(18)25/h4-10,15,20,30H,1-3H2. The summed E-state index contributed by atoms with van der Waals surface area (Å²) in [7, 11) is 0. The first-order valence-corrected chi connectivity index (χ1v) is 10.6. The second-order valence-corrected chi connectivity index (χ2v) is 8.50. The fourth-order valence-electron chi connectivity index (χ4n) is 4.34. The van der Waals surface area contributed by atoms with Gasteiger partial charge in [0.2, 0.25) is 0 Å². The fourth-order valence-corrected chi connectivity index (χ4v) is 4.67. The van der Waals surface area contributed by atoms with E-state index in [1.807, 2.05) is 0 Å². The lowest BCUT2D eigenvalue weighted by Gasteiger charge is -2.42. The summed E-state index contributed by atoms with van der Waals surface area (Å²) in [4.78, 5) is 14.3. The van der Waals surface area contributed by atoms with Crippen LogP contribution in [0.1, 0.15) is 36.3 Å². The summed E-state index contributed by atoms with van der Waals surface area (Å²) in [6.45, 7) is 0. The van der Waals surface area contributed by atoms with E-state index < -0.39 is 23.6 Å². The first-order chi connectivity index (χ1) is 15.1. The number of hydrogen-bond acceptors (Lipinski definition) is 3. The predicted octanol–water partition coefficient (Wildman–Crippen LogP) is 6.74. The molecular weight excluding hydrogens is 462 g/mol. The molecular formula is C23H16Cl2F3N3O. The van der Waals surface area contributed by atoms with E-state index in [-0.39, 0.29) is 28.7 Å². The highest BCUT2D eigenvalue weighted by Crippen LogP contribution is 2.48. The highest BCUT2D eigenvalue weighted by Gasteiger charge is 2.45. The molecule has 0 spiro atoms. The van der Waals surface area contributed by atoms with Gasteiger partial charge in [0.15, 0.2) is 5.78 Å². The minimum atomic E-state index is -4.61. The Bertz CT molecular complexity index is 1180. The van der Waals surface area contributed by atoms with Crippen molar-refractivity contribution in [2.75, 3.05) is 4.90 Å².